The molecule has 2 N–H and O–H groups in total. The Bertz CT molecular complexity index is 762. The number of para-hydroxylation sites is 2. The van der Waals surface area contributed by atoms with Crippen molar-refractivity contribution in [2.75, 3.05) is 0 Å². The van der Waals surface area contributed by atoms with E-state index in [0.717, 1.165) is 5.52 Å². The van der Waals surface area contributed by atoms with E-state index >= 15 is 0 Å². The number of rotatable bonds is 5. The lowest BCUT2D eigenvalue weighted by Crippen LogP contribution is -2.30. The van der Waals surface area contributed by atoms with Crippen molar-refractivity contribution in [1.82, 2.24) is 4.98 Å². The molecule has 1 atom stereocenters. The smallest absolute Gasteiger partial charge is 0.400 e. The molecule has 6 nitrogen and oxygen atoms in total. The Morgan fingerprint density at radius 2 is 1.82 bits per heavy atom. The third-order valence-corrected chi connectivity index (χ3v) is 3.02. The van der Waals surface area contributed by atoms with Gasteiger partial charge in [-0.25, -0.2) is 0 Å². The summed E-state index contributed by atoms with van der Waals surface area (Å²) in [6.07, 6.45) is -0.524. The number of hydrogen-bond acceptors (Lipinski definition) is 5. The normalized spacial score (nSPS) is 12.0. The average molecular weight is 298 g/mol. The van der Waals surface area contributed by atoms with Crippen LogP contribution < -0.4 is 15.2 Å². The van der Waals surface area contributed by atoms with Gasteiger partial charge in [-0.05, 0) is 43.3 Å². The van der Waals surface area contributed by atoms with E-state index in [-0.39, 0.29) is 6.08 Å². The summed E-state index contributed by atoms with van der Waals surface area (Å²) in [5.74, 6) is 0.550. The number of carbonyl (C=O) groups is 1. The highest BCUT2D eigenvalue weighted by atomic mass is 16.6. The van der Waals surface area contributed by atoms with E-state index in [1.54, 1.807) is 31.2 Å². The van der Waals surface area contributed by atoms with Crippen LogP contribution in [0.2, 0.25) is 0 Å². The summed E-state index contributed by atoms with van der Waals surface area (Å²) in [7, 11) is 0. The fraction of sp³-hybridized carbons (Fsp3) is 0.125. The molecule has 2 aromatic carbocycles. The van der Waals surface area contributed by atoms with E-state index in [2.05, 4.69) is 4.98 Å². The van der Waals surface area contributed by atoms with Gasteiger partial charge in [0.05, 0.1) is 0 Å². The molecule has 1 unspecified atom stereocenters. The second kappa shape index (κ2) is 5.77. The number of fused-ring (bicyclic) bond motifs is 1. The van der Waals surface area contributed by atoms with Crippen molar-refractivity contribution in [2.24, 2.45) is 5.73 Å². The number of amides is 1. The molecule has 0 saturated heterocycles. The number of ether oxygens (including phenoxy) is 2. The van der Waals surface area contributed by atoms with Crippen LogP contribution in [0.1, 0.15) is 6.92 Å². The van der Waals surface area contributed by atoms with Gasteiger partial charge >= 0.3 is 6.08 Å². The molecule has 1 aromatic heterocycles. The third-order valence-electron chi connectivity index (χ3n) is 3.02. The van der Waals surface area contributed by atoms with E-state index < -0.39 is 12.0 Å². The highest BCUT2D eigenvalue weighted by Gasteiger charge is 2.11. The first kappa shape index (κ1) is 13.9. The van der Waals surface area contributed by atoms with Gasteiger partial charge in [-0.1, -0.05) is 12.1 Å². The Morgan fingerprint density at radius 1 is 1.14 bits per heavy atom. The Balaban J connectivity index is 1.71. The lowest BCUT2D eigenvalue weighted by molar-refractivity contribution is -0.123. The van der Waals surface area contributed by atoms with Gasteiger partial charge in [-0.15, -0.1) is 0 Å². The summed E-state index contributed by atoms with van der Waals surface area (Å²) in [6.45, 7) is 1.59. The lowest BCUT2D eigenvalue weighted by Gasteiger charge is -2.11. The molecule has 0 fully saturated rings. The van der Waals surface area contributed by atoms with Crippen molar-refractivity contribution in [3.05, 3.63) is 48.5 Å². The maximum absolute atomic E-state index is 10.9. The number of aromatic nitrogens is 1. The Hall–Kier alpha value is -3.02. The maximum Gasteiger partial charge on any atom is 0.400 e. The van der Waals surface area contributed by atoms with Crippen LogP contribution in [-0.4, -0.2) is 17.0 Å². The van der Waals surface area contributed by atoms with E-state index in [9.17, 15) is 4.79 Å². The van der Waals surface area contributed by atoms with Crippen molar-refractivity contribution in [3.8, 4) is 17.6 Å². The SMILES string of the molecule is CC(Oc1ccc(Oc2nc3ccccc3o2)cc1)C(N)=O. The predicted octanol–water partition coefficient (Wildman–Crippen LogP) is 2.87. The standard InChI is InChI=1S/C16H14N2O4/c1-10(15(17)19)20-11-6-8-12(9-7-11)21-16-18-13-4-2-3-5-14(13)22-16/h2-10H,1H3,(H2,17,19). The minimum absolute atomic E-state index is 0.167. The first-order valence-corrected chi connectivity index (χ1v) is 6.71. The zero-order valence-electron chi connectivity index (χ0n) is 11.9. The number of hydrogen-bond donors (Lipinski definition) is 1. The molecule has 112 valence electrons. The molecule has 0 bridgehead atoms. The van der Waals surface area contributed by atoms with E-state index in [0.29, 0.717) is 17.1 Å². The fourth-order valence-corrected chi connectivity index (χ4v) is 1.84. The van der Waals surface area contributed by atoms with Crippen molar-refractivity contribution < 1.29 is 18.7 Å². The van der Waals surface area contributed by atoms with Crippen molar-refractivity contribution in [1.29, 1.82) is 0 Å². The van der Waals surface area contributed by atoms with Crippen molar-refractivity contribution in [2.45, 2.75) is 13.0 Å². The first-order chi connectivity index (χ1) is 10.6. The molecule has 0 aliphatic heterocycles. The molecule has 1 heterocycles. The molecule has 6 heteroatoms. The predicted molar refractivity (Wildman–Crippen MR) is 79.8 cm³/mol. The maximum atomic E-state index is 10.9. The van der Waals surface area contributed by atoms with Gasteiger partial charge in [0.25, 0.3) is 5.91 Å². The summed E-state index contributed by atoms with van der Waals surface area (Å²) in [6, 6.07) is 14.1. The monoisotopic (exact) mass is 298 g/mol. The highest BCUT2D eigenvalue weighted by Crippen LogP contribution is 2.26. The highest BCUT2D eigenvalue weighted by molar-refractivity contribution is 5.78. The van der Waals surface area contributed by atoms with Crippen LogP contribution in [0, 0.1) is 0 Å². The Morgan fingerprint density at radius 3 is 2.50 bits per heavy atom. The summed E-state index contributed by atoms with van der Waals surface area (Å²) in [4.78, 5) is 15.2. The molecule has 0 aliphatic carbocycles. The lowest BCUT2D eigenvalue weighted by atomic mass is 10.3. The molecule has 0 saturated carbocycles. The van der Waals surface area contributed by atoms with Gasteiger partial charge in [-0.2, -0.15) is 4.98 Å². The van der Waals surface area contributed by atoms with Gasteiger partial charge in [0.15, 0.2) is 11.7 Å². The number of benzene rings is 2. The zero-order chi connectivity index (χ0) is 15.5. The summed E-state index contributed by atoms with van der Waals surface area (Å²) < 4.78 is 16.4. The Labute approximate surface area is 126 Å². The van der Waals surface area contributed by atoms with Crippen LogP contribution in [0.3, 0.4) is 0 Å². The van der Waals surface area contributed by atoms with E-state index in [4.69, 9.17) is 19.6 Å². The zero-order valence-corrected chi connectivity index (χ0v) is 11.9. The minimum Gasteiger partial charge on any atom is -0.481 e. The van der Waals surface area contributed by atoms with Crippen molar-refractivity contribution in [3.63, 3.8) is 0 Å². The number of carbonyl (C=O) groups excluding carboxylic acids is 1. The molecule has 0 spiro atoms. The van der Waals surface area contributed by atoms with Gasteiger partial charge in [0, 0.05) is 0 Å². The molecule has 0 radical (unpaired) electrons. The molecular formula is C16H14N2O4. The molecule has 0 aliphatic rings. The third kappa shape index (κ3) is 3.01. The summed E-state index contributed by atoms with van der Waals surface area (Å²) in [5.41, 5.74) is 6.53. The molecule has 3 rings (SSSR count). The second-order valence-electron chi connectivity index (χ2n) is 4.68. The quantitative estimate of drug-likeness (QED) is 0.782. The van der Waals surface area contributed by atoms with Gasteiger partial charge in [-0.3, -0.25) is 4.79 Å². The van der Waals surface area contributed by atoms with Crippen LogP contribution >= 0.6 is 0 Å². The Kier molecular flexibility index (Phi) is 3.65. The van der Waals surface area contributed by atoms with Crippen molar-refractivity contribution >= 4 is 17.0 Å². The van der Waals surface area contributed by atoms with Gasteiger partial charge < -0.3 is 19.6 Å². The van der Waals surface area contributed by atoms with E-state index in [1.165, 1.54) is 0 Å². The minimum atomic E-state index is -0.691. The molecule has 3 aromatic rings. The van der Waals surface area contributed by atoms with Gasteiger partial charge in [0.1, 0.15) is 17.0 Å². The number of nitrogens with two attached hydrogens (primary N) is 1. The average Bonchev–Trinajstić information content (AvgIpc) is 2.91. The van der Waals surface area contributed by atoms with Crippen LogP contribution in [0.15, 0.2) is 52.9 Å². The van der Waals surface area contributed by atoms with Crippen LogP contribution in [-0.2, 0) is 4.79 Å². The molecular weight excluding hydrogens is 284 g/mol. The number of nitrogens with zero attached hydrogens (tertiary/aromatic N) is 1. The number of primary amides is 1. The molecule has 22 heavy (non-hydrogen) atoms. The van der Waals surface area contributed by atoms with Crippen LogP contribution in [0.25, 0.3) is 11.1 Å². The van der Waals surface area contributed by atoms with E-state index in [1.807, 2.05) is 24.3 Å². The van der Waals surface area contributed by atoms with Crippen LogP contribution in [0.4, 0.5) is 0 Å². The molecule has 1 amide bonds. The summed E-state index contributed by atoms with van der Waals surface area (Å²) >= 11 is 0. The second-order valence-corrected chi connectivity index (χ2v) is 4.68. The largest absolute Gasteiger partial charge is 0.481 e. The van der Waals surface area contributed by atoms with Crippen LogP contribution in [0.5, 0.6) is 17.6 Å². The number of oxazole rings is 1. The first-order valence-electron chi connectivity index (χ1n) is 6.71. The summed E-state index contributed by atoms with van der Waals surface area (Å²) in [5, 5.41) is 0. The van der Waals surface area contributed by atoms with Gasteiger partial charge in [0.2, 0.25) is 0 Å². The topological polar surface area (TPSA) is 87.6 Å². The fourth-order valence-electron chi connectivity index (χ4n) is 1.84.